The van der Waals surface area contributed by atoms with Gasteiger partial charge in [-0.15, -0.1) is 5.11 Å². The minimum absolute atomic E-state index is 0.0192. The van der Waals surface area contributed by atoms with E-state index in [-0.39, 0.29) is 11.4 Å². The number of anilines is 2. The molecule has 116 valence electrons. The van der Waals surface area contributed by atoms with Crippen molar-refractivity contribution in [3.63, 3.8) is 0 Å². The van der Waals surface area contributed by atoms with Gasteiger partial charge in [-0.2, -0.15) is 18.3 Å². The van der Waals surface area contributed by atoms with E-state index >= 15 is 0 Å². The van der Waals surface area contributed by atoms with Crippen molar-refractivity contribution in [3.05, 3.63) is 47.0 Å². The molecule has 0 bridgehead atoms. The van der Waals surface area contributed by atoms with Crippen LogP contribution in [0.25, 0.3) is 0 Å². The average Bonchev–Trinajstić information content (AvgIpc) is 2.41. The summed E-state index contributed by atoms with van der Waals surface area (Å²) in [4.78, 5) is 0. The maximum atomic E-state index is 13.0. The number of rotatable bonds is 2. The van der Waals surface area contributed by atoms with E-state index in [2.05, 4.69) is 10.2 Å². The molecule has 0 aliphatic heterocycles. The lowest BCUT2D eigenvalue weighted by molar-refractivity contribution is -0.137. The molecule has 0 radical (unpaired) electrons. The van der Waals surface area contributed by atoms with Gasteiger partial charge in [-0.05, 0) is 55.3 Å². The summed E-state index contributed by atoms with van der Waals surface area (Å²) in [5, 5.41) is 7.63. The van der Waals surface area contributed by atoms with Crippen LogP contribution < -0.4 is 11.5 Å². The van der Waals surface area contributed by atoms with Gasteiger partial charge < -0.3 is 11.5 Å². The number of alkyl halides is 3. The summed E-state index contributed by atoms with van der Waals surface area (Å²) in [5.74, 6) is 0. The highest BCUT2D eigenvalue weighted by molar-refractivity contribution is 5.60. The van der Waals surface area contributed by atoms with Crippen molar-refractivity contribution >= 4 is 22.7 Å². The Morgan fingerprint density at radius 3 is 2.14 bits per heavy atom. The summed E-state index contributed by atoms with van der Waals surface area (Å²) in [7, 11) is 0. The quantitative estimate of drug-likeness (QED) is 0.611. The van der Waals surface area contributed by atoms with Crippen molar-refractivity contribution in [2.24, 2.45) is 10.2 Å². The molecule has 0 atom stereocenters. The van der Waals surface area contributed by atoms with Crippen LogP contribution in [0.1, 0.15) is 16.7 Å². The SMILES string of the molecule is Cc1cc(/N=N/c2ccc(N)cc2C(F)(F)F)c(C)cc1N. The molecular formula is C15H15F3N4. The van der Waals surface area contributed by atoms with Gasteiger partial charge in [0.15, 0.2) is 0 Å². The number of aryl methyl sites for hydroxylation is 2. The molecule has 0 unspecified atom stereocenters. The number of hydrogen-bond donors (Lipinski definition) is 2. The van der Waals surface area contributed by atoms with E-state index in [1.165, 1.54) is 12.1 Å². The molecule has 2 aromatic carbocycles. The van der Waals surface area contributed by atoms with Crippen molar-refractivity contribution in [1.29, 1.82) is 0 Å². The lowest BCUT2D eigenvalue weighted by atomic mass is 10.1. The number of azo groups is 1. The third-order valence-electron chi connectivity index (χ3n) is 3.18. The highest BCUT2D eigenvalue weighted by Crippen LogP contribution is 2.38. The number of halogens is 3. The summed E-state index contributed by atoms with van der Waals surface area (Å²) in [6.45, 7) is 3.55. The summed E-state index contributed by atoms with van der Waals surface area (Å²) in [5.41, 5.74) is 12.6. The minimum atomic E-state index is -4.55. The standard InChI is InChI=1S/C15H15F3N4/c1-8-6-14(9(2)5-12(8)20)22-21-13-4-3-10(19)7-11(13)15(16,17)18/h3-7H,19-20H2,1-2H3/b22-21+. The Bertz CT molecular complexity index is 736. The second-order valence-electron chi connectivity index (χ2n) is 4.97. The van der Waals surface area contributed by atoms with Crippen molar-refractivity contribution in [3.8, 4) is 0 Å². The summed E-state index contributed by atoms with van der Waals surface area (Å²) < 4.78 is 38.9. The van der Waals surface area contributed by atoms with E-state index < -0.39 is 11.7 Å². The van der Waals surface area contributed by atoms with Crippen LogP contribution in [0.3, 0.4) is 0 Å². The average molecular weight is 308 g/mol. The molecule has 4 nitrogen and oxygen atoms in total. The van der Waals surface area contributed by atoms with Gasteiger partial charge in [0, 0.05) is 11.4 Å². The first-order chi connectivity index (χ1) is 10.2. The molecule has 22 heavy (non-hydrogen) atoms. The van der Waals surface area contributed by atoms with Crippen molar-refractivity contribution in [2.75, 3.05) is 11.5 Å². The fourth-order valence-corrected chi connectivity index (χ4v) is 1.91. The predicted molar refractivity (Wildman–Crippen MR) is 80.4 cm³/mol. The van der Waals surface area contributed by atoms with Crippen molar-refractivity contribution in [1.82, 2.24) is 0 Å². The van der Waals surface area contributed by atoms with Crippen molar-refractivity contribution in [2.45, 2.75) is 20.0 Å². The normalized spacial score (nSPS) is 12.0. The van der Waals surface area contributed by atoms with Gasteiger partial charge >= 0.3 is 6.18 Å². The van der Waals surface area contributed by atoms with Gasteiger partial charge in [0.2, 0.25) is 0 Å². The molecule has 0 aliphatic carbocycles. The van der Waals surface area contributed by atoms with Gasteiger partial charge in [-0.25, -0.2) is 0 Å². The molecule has 0 saturated carbocycles. The molecule has 0 spiro atoms. The van der Waals surface area contributed by atoms with E-state index in [0.29, 0.717) is 11.4 Å². The second-order valence-corrected chi connectivity index (χ2v) is 4.97. The Morgan fingerprint density at radius 1 is 0.864 bits per heavy atom. The van der Waals surface area contributed by atoms with Crippen molar-refractivity contribution < 1.29 is 13.2 Å². The van der Waals surface area contributed by atoms with E-state index in [0.717, 1.165) is 17.2 Å². The van der Waals surface area contributed by atoms with Gasteiger partial charge in [0.05, 0.1) is 16.9 Å². The van der Waals surface area contributed by atoms with E-state index in [9.17, 15) is 13.2 Å². The smallest absolute Gasteiger partial charge is 0.399 e. The lowest BCUT2D eigenvalue weighted by Gasteiger charge is -2.10. The molecule has 0 fully saturated rings. The zero-order valence-corrected chi connectivity index (χ0v) is 12.1. The van der Waals surface area contributed by atoms with Crippen LogP contribution in [0, 0.1) is 13.8 Å². The third-order valence-corrected chi connectivity index (χ3v) is 3.18. The Morgan fingerprint density at radius 2 is 1.50 bits per heavy atom. The summed E-state index contributed by atoms with van der Waals surface area (Å²) in [6, 6.07) is 6.78. The monoisotopic (exact) mass is 308 g/mol. The molecule has 2 aromatic rings. The van der Waals surface area contributed by atoms with Gasteiger partial charge in [0.25, 0.3) is 0 Å². The molecule has 0 heterocycles. The Hall–Kier alpha value is -2.57. The fraction of sp³-hybridized carbons (Fsp3) is 0.200. The zero-order valence-electron chi connectivity index (χ0n) is 12.1. The predicted octanol–water partition coefficient (Wildman–Crippen LogP) is 4.90. The molecule has 0 aliphatic rings. The number of hydrogen-bond acceptors (Lipinski definition) is 4. The first-order valence-corrected chi connectivity index (χ1v) is 6.43. The maximum Gasteiger partial charge on any atom is 0.418 e. The molecular weight excluding hydrogens is 293 g/mol. The van der Waals surface area contributed by atoms with Crippen LogP contribution in [-0.2, 0) is 6.18 Å². The van der Waals surface area contributed by atoms with Gasteiger partial charge in [-0.1, -0.05) is 0 Å². The number of nitrogen functional groups attached to an aromatic ring is 2. The summed E-state index contributed by atoms with van der Waals surface area (Å²) >= 11 is 0. The highest BCUT2D eigenvalue weighted by Gasteiger charge is 2.33. The fourth-order valence-electron chi connectivity index (χ4n) is 1.91. The Labute approximate surface area is 125 Å². The number of benzene rings is 2. The zero-order chi connectivity index (χ0) is 16.5. The molecule has 4 N–H and O–H groups in total. The van der Waals surface area contributed by atoms with Gasteiger partial charge in [0.1, 0.15) is 0 Å². The van der Waals surface area contributed by atoms with Crippen LogP contribution >= 0.6 is 0 Å². The topological polar surface area (TPSA) is 76.8 Å². The number of nitrogens with two attached hydrogens (primary N) is 2. The first kappa shape index (κ1) is 15.8. The Kier molecular flexibility index (Phi) is 4.07. The maximum absolute atomic E-state index is 13.0. The molecule has 7 heteroatoms. The molecule has 2 rings (SSSR count). The summed E-state index contributed by atoms with van der Waals surface area (Å²) in [6.07, 6.45) is -4.55. The second kappa shape index (κ2) is 5.67. The molecule has 0 saturated heterocycles. The molecule has 0 amide bonds. The van der Waals surface area contributed by atoms with Crippen LogP contribution in [0.5, 0.6) is 0 Å². The minimum Gasteiger partial charge on any atom is -0.399 e. The van der Waals surface area contributed by atoms with Crippen LogP contribution in [0.15, 0.2) is 40.6 Å². The van der Waals surface area contributed by atoms with Gasteiger partial charge in [-0.3, -0.25) is 0 Å². The van der Waals surface area contributed by atoms with Crippen LogP contribution in [0.2, 0.25) is 0 Å². The Balaban J connectivity index is 2.45. The highest BCUT2D eigenvalue weighted by atomic mass is 19.4. The third kappa shape index (κ3) is 3.36. The van der Waals surface area contributed by atoms with Crippen LogP contribution in [-0.4, -0.2) is 0 Å². The van der Waals surface area contributed by atoms with E-state index in [1.807, 2.05) is 0 Å². The largest absolute Gasteiger partial charge is 0.418 e. The van der Waals surface area contributed by atoms with Crippen LogP contribution in [0.4, 0.5) is 35.9 Å². The van der Waals surface area contributed by atoms with E-state index in [1.54, 1.807) is 26.0 Å². The lowest BCUT2D eigenvalue weighted by Crippen LogP contribution is -2.05. The number of nitrogens with zero attached hydrogens (tertiary/aromatic N) is 2. The molecule has 0 aromatic heterocycles. The first-order valence-electron chi connectivity index (χ1n) is 6.43. The van der Waals surface area contributed by atoms with E-state index in [4.69, 9.17) is 11.5 Å².